The number of halogens is 2. The van der Waals surface area contributed by atoms with Crippen LogP contribution in [0, 0.1) is 6.92 Å². The van der Waals surface area contributed by atoms with Crippen molar-refractivity contribution >= 4 is 23.2 Å². The number of pyridine rings is 1. The standard InChI is InChI=1S/C26H26Cl2N2/c1-17-10-13-25(29-16-17)18-14-19-11-12-20(15-18)30(19)26(21-6-2-4-8-23(21)27)22-7-3-5-9-24(22)28/h2-10,13,16,18-20,26H,11-12,14-15H2,1H3/t18?,19-,20+. The van der Waals surface area contributed by atoms with Gasteiger partial charge in [0.05, 0.1) is 6.04 Å². The molecule has 30 heavy (non-hydrogen) atoms. The van der Waals surface area contributed by atoms with Gasteiger partial charge in [0, 0.05) is 39.9 Å². The molecular weight excluding hydrogens is 411 g/mol. The average molecular weight is 437 g/mol. The number of piperidine rings is 1. The summed E-state index contributed by atoms with van der Waals surface area (Å²) in [7, 11) is 0. The Morgan fingerprint density at radius 3 is 1.90 bits per heavy atom. The predicted molar refractivity (Wildman–Crippen MR) is 124 cm³/mol. The second kappa shape index (κ2) is 8.34. The molecule has 0 aliphatic carbocycles. The SMILES string of the molecule is Cc1ccc(C2C[C@H]3CC[C@@H](C2)N3C(c2ccccc2Cl)c2ccccc2Cl)nc1. The Kier molecular flexibility index (Phi) is 5.58. The third kappa shape index (κ3) is 3.66. The molecule has 1 unspecified atom stereocenters. The lowest BCUT2D eigenvalue weighted by molar-refractivity contribution is 0.0926. The van der Waals surface area contributed by atoms with E-state index in [1.54, 1.807) is 0 Å². The summed E-state index contributed by atoms with van der Waals surface area (Å²) >= 11 is 13.4. The van der Waals surface area contributed by atoms with Crippen molar-refractivity contribution in [1.29, 1.82) is 0 Å². The Balaban J connectivity index is 1.52. The van der Waals surface area contributed by atoms with Crippen LogP contribution in [0.1, 0.15) is 60.0 Å². The van der Waals surface area contributed by atoms with Gasteiger partial charge in [-0.25, -0.2) is 0 Å². The van der Waals surface area contributed by atoms with E-state index >= 15 is 0 Å². The van der Waals surface area contributed by atoms with Crippen molar-refractivity contribution in [3.8, 4) is 0 Å². The molecule has 0 saturated carbocycles. The van der Waals surface area contributed by atoms with Crippen molar-refractivity contribution in [1.82, 2.24) is 9.88 Å². The second-order valence-electron chi connectivity index (χ2n) is 8.71. The molecule has 2 fully saturated rings. The molecule has 2 saturated heterocycles. The fraction of sp³-hybridized carbons (Fsp3) is 0.346. The van der Waals surface area contributed by atoms with Gasteiger partial charge in [-0.15, -0.1) is 0 Å². The third-order valence-corrected chi connectivity index (χ3v) is 7.53. The van der Waals surface area contributed by atoms with E-state index in [2.05, 4.69) is 48.2 Å². The summed E-state index contributed by atoms with van der Waals surface area (Å²) in [6, 6.07) is 22.0. The Hall–Kier alpha value is -1.87. The summed E-state index contributed by atoms with van der Waals surface area (Å²) < 4.78 is 0. The van der Waals surface area contributed by atoms with Crippen molar-refractivity contribution in [2.45, 2.75) is 56.7 Å². The Morgan fingerprint density at radius 1 is 0.833 bits per heavy atom. The van der Waals surface area contributed by atoms with E-state index in [9.17, 15) is 0 Å². The van der Waals surface area contributed by atoms with Crippen LogP contribution in [0.4, 0.5) is 0 Å². The number of aryl methyl sites for hydroxylation is 1. The average Bonchev–Trinajstić information content (AvgIpc) is 3.00. The van der Waals surface area contributed by atoms with Crippen LogP contribution in [0.3, 0.4) is 0 Å². The van der Waals surface area contributed by atoms with E-state index < -0.39 is 0 Å². The summed E-state index contributed by atoms with van der Waals surface area (Å²) in [5, 5.41) is 1.62. The van der Waals surface area contributed by atoms with Gasteiger partial charge in [-0.1, -0.05) is 65.7 Å². The van der Waals surface area contributed by atoms with Crippen LogP contribution >= 0.6 is 23.2 Å². The van der Waals surface area contributed by atoms with Crippen molar-refractivity contribution in [2.24, 2.45) is 0 Å². The smallest absolute Gasteiger partial charge is 0.0636 e. The second-order valence-corrected chi connectivity index (χ2v) is 9.52. The van der Waals surface area contributed by atoms with Gasteiger partial charge in [0.25, 0.3) is 0 Å². The molecular formula is C26H26Cl2N2. The molecule has 1 aromatic heterocycles. The fourth-order valence-electron chi connectivity index (χ4n) is 5.48. The first kappa shape index (κ1) is 20.1. The number of fused-ring (bicyclic) bond motifs is 2. The highest BCUT2D eigenvalue weighted by atomic mass is 35.5. The first-order valence-electron chi connectivity index (χ1n) is 10.8. The van der Waals surface area contributed by atoms with Crippen molar-refractivity contribution in [2.75, 3.05) is 0 Å². The number of hydrogen-bond donors (Lipinski definition) is 0. The van der Waals surface area contributed by atoms with E-state index in [4.69, 9.17) is 28.2 Å². The van der Waals surface area contributed by atoms with E-state index in [-0.39, 0.29) is 6.04 Å². The van der Waals surface area contributed by atoms with Gasteiger partial charge in [-0.2, -0.15) is 0 Å². The number of aromatic nitrogens is 1. The number of benzene rings is 2. The van der Waals surface area contributed by atoms with Gasteiger partial charge in [-0.05, 0) is 67.5 Å². The highest BCUT2D eigenvalue weighted by Crippen LogP contribution is 2.49. The maximum Gasteiger partial charge on any atom is 0.0636 e. The Morgan fingerprint density at radius 2 is 1.40 bits per heavy atom. The minimum absolute atomic E-state index is 0.0804. The molecule has 2 aliphatic rings. The number of nitrogens with zero attached hydrogens (tertiary/aromatic N) is 2. The maximum absolute atomic E-state index is 6.72. The van der Waals surface area contributed by atoms with Crippen LogP contribution in [0.25, 0.3) is 0 Å². The van der Waals surface area contributed by atoms with E-state index in [1.165, 1.54) is 24.1 Å². The van der Waals surface area contributed by atoms with Crippen LogP contribution in [0.2, 0.25) is 10.0 Å². The van der Waals surface area contributed by atoms with E-state index in [0.717, 1.165) is 34.0 Å². The molecule has 4 heteroatoms. The zero-order chi connectivity index (χ0) is 20.7. The molecule has 2 aliphatic heterocycles. The van der Waals surface area contributed by atoms with Gasteiger partial charge in [0.15, 0.2) is 0 Å². The highest BCUT2D eigenvalue weighted by Gasteiger charge is 2.46. The zero-order valence-corrected chi connectivity index (χ0v) is 18.7. The topological polar surface area (TPSA) is 16.1 Å². The largest absolute Gasteiger partial charge is 0.286 e. The third-order valence-electron chi connectivity index (χ3n) is 6.84. The van der Waals surface area contributed by atoms with Crippen LogP contribution < -0.4 is 0 Å². The lowest BCUT2D eigenvalue weighted by Crippen LogP contribution is -2.45. The van der Waals surface area contributed by atoms with Gasteiger partial charge < -0.3 is 0 Å². The lowest BCUT2D eigenvalue weighted by atomic mass is 9.84. The summed E-state index contributed by atoms with van der Waals surface area (Å²) in [4.78, 5) is 7.45. The molecule has 2 aromatic carbocycles. The molecule has 2 bridgehead atoms. The molecule has 2 nitrogen and oxygen atoms in total. The van der Waals surface area contributed by atoms with Crippen LogP contribution in [-0.4, -0.2) is 22.0 Å². The summed E-state index contributed by atoms with van der Waals surface area (Å²) in [5.41, 5.74) is 4.76. The molecule has 5 rings (SSSR count). The van der Waals surface area contributed by atoms with Gasteiger partial charge in [0.1, 0.15) is 0 Å². The molecule has 3 heterocycles. The Bertz CT molecular complexity index is 974. The van der Waals surface area contributed by atoms with Crippen LogP contribution in [0.5, 0.6) is 0 Å². The van der Waals surface area contributed by atoms with Crippen molar-refractivity contribution in [3.63, 3.8) is 0 Å². The van der Waals surface area contributed by atoms with E-state index in [1.807, 2.05) is 30.5 Å². The molecule has 0 radical (unpaired) electrons. The molecule has 3 atom stereocenters. The van der Waals surface area contributed by atoms with Gasteiger partial charge in [0.2, 0.25) is 0 Å². The Labute approximate surface area is 188 Å². The first-order valence-corrected chi connectivity index (χ1v) is 11.6. The minimum atomic E-state index is 0.0804. The molecule has 0 amide bonds. The molecule has 0 spiro atoms. The van der Waals surface area contributed by atoms with Crippen LogP contribution in [-0.2, 0) is 0 Å². The van der Waals surface area contributed by atoms with Crippen molar-refractivity contribution < 1.29 is 0 Å². The highest BCUT2D eigenvalue weighted by molar-refractivity contribution is 6.32. The monoisotopic (exact) mass is 436 g/mol. The normalized spacial score (nSPS) is 23.8. The van der Waals surface area contributed by atoms with E-state index in [0.29, 0.717) is 18.0 Å². The predicted octanol–water partition coefficient (Wildman–Crippen LogP) is 7.20. The molecule has 3 aromatic rings. The van der Waals surface area contributed by atoms with Crippen LogP contribution in [0.15, 0.2) is 66.9 Å². The summed E-state index contributed by atoms with van der Waals surface area (Å²) in [6.45, 7) is 2.10. The zero-order valence-electron chi connectivity index (χ0n) is 17.1. The van der Waals surface area contributed by atoms with Gasteiger partial charge >= 0.3 is 0 Å². The fourth-order valence-corrected chi connectivity index (χ4v) is 5.96. The van der Waals surface area contributed by atoms with Gasteiger partial charge in [-0.3, -0.25) is 9.88 Å². The lowest BCUT2D eigenvalue weighted by Gasteiger charge is -2.44. The molecule has 0 N–H and O–H groups in total. The summed E-state index contributed by atoms with van der Waals surface area (Å²) in [5.74, 6) is 0.525. The number of hydrogen-bond acceptors (Lipinski definition) is 2. The minimum Gasteiger partial charge on any atom is -0.286 e. The quantitative estimate of drug-likeness (QED) is 0.429. The molecule has 154 valence electrons. The number of rotatable bonds is 4. The maximum atomic E-state index is 6.72. The first-order chi connectivity index (χ1) is 14.6. The van der Waals surface area contributed by atoms with Crippen molar-refractivity contribution in [3.05, 3.63) is 99.3 Å². The summed E-state index contributed by atoms with van der Waals surface area (Å²) in [6.07, 6.45) is 6.71.